The Bertz CT molecular complexity index is 632. The molecule has 0 aliphatic heterocycles. The van der Waals surface area contributed by atoms with Crippen molar-refractivity contribution >= 4 is 33.3 Å². The van der Waals surface area contributed by atoms with Crippen LogP contribution in [0.5, 0.6) is 0 Å². The fourth-order valence-electron chi connectivity index (χ4n) is 1.49. The Morgan fingerprint density at radius 2 is 1.74 bits per heavy atom. The summed E-state index contributed by atoms with van der Waals surface area (Å²) in [6.45, 7) is 0. The third kappa shape index (κ3) is 3.83. The normalized spacial score (nSPS) is 9.47. The number of urea groups is 1. The summed E-state index contributed by atoms with van der Waals surface area (Å²) < 4.78 is 0.945. The molecule has 0 aliphatic rings. The van der Waals surface area contributed by atoms with Crippen LogP contribution in [0, 0.1) is 11.3 Å². The monoisotopic (exact) mass is 315 g/mol. The van der Waals surface area contributed by atoms with Gasteiger partial charge >= 0.3 is 6.03 Å². The Hall–Kier alpha value is -2.32. The van der Waals surface area contributed by atoms with E-state index in [0.717, 1.165) is 4.47 Å². The number of benzene rings is 2. The minimum atomic E-state index is -0.350. The van der Waals surface area contributed by atoms with E-state index in [1.807, 2.05) is 18.2 Å². The molecule has 0 bridgehead atoms. The Kier molecular flexibility index (Phi) is 4.16. The second kappa shape index (κ2) is 6.03. The van der Waals surface area contributed by atoms with Crippen LogP contribution >= 0.6 is 15.9 Å². The molecule has 0 heterocycles. The van der Waals surface area contributed by atoms with Crippen molar-refractivity contribution < 1.29 is 4.79 Å². The van der Waals surface area contributed by atoms with Gasteiger partial charge in [0.2, 0.25) is 0 Å². The Labute approximate surface area is 119 Å². The summed E-state index contributed by atoms with van der Waals surface area (Å²) in [7, 11) is 0. The second-order valence-corrected chi connectivity index (χ2v) is 4.69. The van der Waals surface area contributed by atoms with Crippen LogP contribution in [-0.4, -0.2) is 6.03 Å². The number of nitrogens with one attached hydrogen (secondary N) is 2. The van der Waals surface area contributed by atoms with Crippen molar-refractivity contribution in [3.63, 3.8) is 0 Å². The van der Waals surface area contributed by atoms with Gasteiger partial charge in [0.1, 0.15) is 0 Å². The number of anilines is 2. The van der Waals surface area contributed by atoms with E-state index in [2.05, 4.69) is 26.6 Å². The maximum Gasteiger partial charge on any atom is 0.323 e. The predicted octanol–water partition coefficient (Wildman–Crippen LogP) is 3.96. The summed E-state index contributed by atoms with van der Waals surface area (Å²) in [5.41, 5.74) is 1.77. The molecular weight excluding hydrogens is 306 g/mol. The minimum absolute atomic E-state index is 0.350. The van der Waals surface area contributed by atoms with Crippen molar-refractivity contribution in [2.75, 3.05) is 10.6 Å². The van der Waals surface area contributed by atoms with E-state index >= 15 is 0 Å². The number of hydrogen-bond acceptors (Lipinski definition) is 2. The number of carbonyl (C=O) groups is 1. The molecule has 2 aromatic rings. The number of nitriles is 1. The van der Waals surface area contributed by atoms with Gasteiger partial charge in [0.15, 0.2) is 0 Å². The number of carbonyl (C=O) groups excluding carboxylic acids is 1. The second-order valence-electron chi connectivity index (χ2n) is 3.78. The lowest BCUT2D eigenvalue weighted by atomic mass is 10.2. The van der Waals surface area contributed by atoms with Crippen LogP contribution in [0.1, 0.15) is 5.56 Å². The molecule has 4 nitrogen and oxygen atoms in total. The third-order valence-corrected chi connectivity index (χ3v) is 2.88. The molecule has 2 aromatic carbocycles. The molecule has 19 heavy (non-hydrogen) atoms. The first-order chi connectivity index (χ1) is 9.17. The van der Waals surface area contributed by atoms with Gasteiger partial charge in [-0.1, -0.05) is 22.0 Å². The zero-order chi connectivity index (χ0) is 13.7. The van der Waals surface area contributed by atoms with Gasteiger partial charge in [0.25, 0.3) is 0 Å². The summed E-state index contributed by atoms with van der Waals surface area (Å²) in [5, 5.41) is 14.1. The van der Waals surface area contributed by atoms with Gasteiger partial charge in [-0.2, -0.15) is 5.26 Å². The fraction of sp³-hybridized carbons (Fsp3) is 0. The molecule has 2 rings (SSSR count). The highest BCUT2D eigenvalue weighted by Crippen LogP contribution is 2.15. The molecule has 0 aromatic heterocycles. The lowest BCUT2D eigenvalue weighted by Crippen LogP contribution is -2.19. The van der Waals surface area contributed by atoms with E-state index < -0.39 is 0 Å². The quantitative estimate of drug-likeness (QED) is 0.880. The smallest absolute Gasteiger partial charge is 0.308 e. The average molecular weight is 316 g/mol. The van der Waals surface area contributed by atoms with Crippen LogP contribution in [0.2, 0.25) is 0 Å². The first kappa shape index (κ1) is 13.1. The largest absolute Gasteiger partial charge is 0.323 e. The molecule has 94 valence electrons. The minimum Gasteiger partial charge on any atom is -0.308 e. The third-order valence-electron chi connectivity index (χ3n) is 2.35. The van der Waals surface area contributed by atoms with E-state index in [1.165, 1.54) is 0 Å². The number of halogens is 1. The van der Waals surface area contributed by atoms with Crippen molar-refractivity contribution in [3.05, 3.63) is 58.6 Å². The molecular formula is C14H10BrN3O. The predicted molar refractivity (Wildman–Crippen MR) is 77.9 cm³/mol. The van der Waals surface area contributed by atoms with E-state index in [-0.39, 0.29) is 6.03 Å². The van der Waals surface area contributed by atoms with Gasteiger partial charge in [0.05, 0.1) is 11.6 Å². The maximum atomic E-state index is 11.7. The van der Waals surface area contributed by atoms with Crippen LogP contribution in [0.4, 0.5) is 16.2 Å². The molecule has 0 fully saturated rings. The van der Waals surface area contributed by atoms with Crippen LogP contribution in [-0.2, 0) is 0 Å². The van der Waals surface area contributed by atoms with Gasteiger partial charge in [-0.25, -0.2) is 4.79 Å². The molecule has 5 heteroatoms. The van der Waals surface area contributed by atoms with Gasteiger partial charge in [-0.3, -0.25) is 0 Å². The van der Waals surface area contributed by atoms with Crippen LogP contribution in [0.3, 0.4) is 0 Å². The van der Waals surface area contributed by atoms with E-state index in [0.29, 0.717) is 16.9 Å². The van der Waals surface area contributed by atoms with Crippen LogP contribution in [0.25, 0.3) is 0 Å². The number of amides is 2. The molecule has 2 amide bonds. The van der Waals surface area contributed by atoms with Gasteiger partial charge in [0, 0.05) is 15.8 Å². The van der Waals surface area contributed by atoms with Gasteiger partial charge in [-0.15, -0.1) is 0 Å². The molecule has 0 saturated carbocycles. The van der Waals surface area contributed by atoms with Crippen molar-refractivity contribution in [1.29, 1.82) is 5.26 Å². The Balaban J connectivity index is 2.01. The summed E-state index contributed by atoms with van der Waals surface area (Å²) in [5.74, 6) is 0. The van der Waals surface area contributed by atoms with Crippen molar-refractivity contribution in [1.82, 2.24) is 0 Å². The molecule has 0 aliphatic carbocycles. The zero-order valence-electron chi connectivity index (χ0n) is 9.85. The summed E-state index contributed by atoms with van der Waals surface area (Å²) in [6, 6.07) is 15.7. The highest BCUT2D eigenvalue weighted by Gasteiger charge is 2.03. The highest BCUT2D eigenvalue weighted by atomic mass is 79.9. The molecule has 0 atom stereocenters. The van der Waals surface area contributed by atoms with Crippen LogP contribution in [0.15, 0.2) is 53.0 Å². The van der Waals surface area contributed by atoms with Crippen molar-refractivity contribution in [2.45, 2.75) is 0 Å². The standard InChI is InChI=1S/C14H10BrN3O/c15-11-4-6-12(7-5-11)17-14(19)18-13-3-1-2-10(8-13)9-16/h1-8H,(H2,17,18,19). The molecule has 0 spiro atoms. The Morgan fingerprint density at radius 3 is 2.42 bits per heavy atom. The SMILES string of the molecule is N#Cc1cccc(NC(=O)Nc2ccc(Br)cc2)c1. The lowest BCUT2D eigenvalue weighted by Gasteiger charge is -2.07. The highest BCUT2D eigenvalue weighted by molar-refractivity contribution is 9.10. The van der Waals surface area contributed by atoms with Crippen LogP contribution < -0.4 is 10.6 Å². The van der Waals surface area contributed by atoms with Crippen molar-refractivity contribution in [2.24, 2.45) is 0 Å². The van der Waals surface area contributed by atoms with E-state index in [9.17, 15) is 4.79 Å². The molecule has 0 unspecified atom stereocenters. The molecule has 0 radical (unpaired) electrons. The lowest BCUT2D eigenvalue weighted by molar-refractivity contribution is 0.262. The Morgan fingerprint density at radius 1 is 1.05 bits per heavy atom. The van der Waals surface area contributed by atoms with Gasteiger partial charge in [-0.05, 0) is 42.5 Å². The first-order valence-electron chi connectivity index (χ1n) is 5.51. The summed E-state index contributed by atoms with van der Waals surface area (Å²) in [4.78, 5) is 11.7. The van der Waals surface area contributed by atoms with E-state index in [4.69, 9.17) is 5.26 Å². The molecule has 0 saturated heterocycles. The van der Waals surface area contributed by atoms with Crippen molar-refractivity contribution in [3.8, 4) is 6.07 Å². The average Bonchev–Trinajstić information content (AvgIpc) is 2.41. The summed E-state index contributed by atoms with van der Waals surface area (Å²) in [6.07, 6.45) is 0. The number of hydrogen-bond donors (Lipinski definition) is 2. The first-order valence-corrected chi connectivity index (χ1v) is 6.30. The zero-order valence-corrected chi connectivity index (χ0v) is 11.4. The van der Waals surface area contributed by atoms with E-state index in [1.54, 1.807) is 36.4 Å². The number of rotatable bonds is 2. The topological polar surface area (TPSA) is 64.9 Å². The van der Waals surface area contributed by atoms with Gasteiger partial charge < -0.3 is 10.6 Å². The fourth-order valence-corrected chi connectivity index (χ4v) is 1.76. The number of nitrogens with zero attached hydrogens (tertiary/aromatic N) is 1. The molecule has 2 N–H and O–H groups in total. The maximum absolute atomic E-state index is 11.7. The summed E-state index contributed by atoms with van der Waals surface area (Å²) >= 11 is 3.32.